The molecule has 0 unspecified atom stereocenters. The van der Waals surface area contributed by atoms with Gasteiger partial charge in [-0.15, -0.1) is 11.3 Å². The van der Waals surface area contributed by atoms with Crippen LogP contribution in [0.15, 0.2) is 158 Å². The van der Waals surface area contributed by atoms with Crippen LogP contribution in [0.4, 0.5) is 17.1 Å². The van der Waals surface area contributed by atoms with E-state index >= 15 is 0 Å². The molecule has 5 heteroatoms. The number of nitrogens with zero attached hydrogens (tertiary/aromatic N) is 4. The molecule has 0 atom stereocenters. The second-order valence-corrected chi connectivity index (χ2v) is 13.8. The Kier molecular flexibility index (Phi) is 5.80. The number of pyridine rings is 1. The van der Waals surface area contributed by atoms with Gasteiger partial charge in [0.15, 0.2) is 5.82 Å². The number of fused-ring (bicyclic) bond motifs is 8. The van der Waals surface area contributed by atoms with Gasteiger partial charge in [0.2, 0.25) is 0 Å². The first-order valence-electron chi connectivity index (χ1n) is 16.8. The Morgan fingerprint density at radius 3 is 2.12 bits per heavy atom. The molecule has 0 fully saturated rings. The van der Waals surface area contributed by atoms with Gasteiger partial charge in [-0.25, -0.2) is 9.97 Å². The van der Waals surface area contributed by atoms with Gasteiger partial charge in [-0.1, -0.05) is 115 Å². The first-order chi connectivity index (χ1) is 24.8. The summed E-state index contributed by atoms with van der Waals surface area (Å²) in [6.07, 6.45) is 1.83. The van der Waals surface area contributed by atoms with Crippen LogP contribution in [0.2, 0.25) is 0 Å². The minimum absolute atomic E-state index is 0.696. The Labute approximate surface area is 291 Å². The van der Waals surface area contributed by atoms with E-state index in [0.717, 1.165) is 49.0 Å². The molecular formula is C45H26N4S. The average molecular weight is 655 g/mol. The molecule has 4 nitrogen and oxygen atoms in total. The van der Waals surface area contributed by atoms with Gasteiger partial charge in [0.25, 0.3) is 0 Å². The second kappa shape index (κ2) is 10.5. The lowest BCUT2D eigenvalue weighted by atomic mass is 9.87. The Morgan fingerprint density at radius 2 is 1.20 bits per heavy atom. The van der Waals surface area contributed by atoms with Gasteiger partial charge in [-0.2, -0.15) is 0 Å². The molecule has 0 aliphatic carbocycles. The SMILES string of the molecule is c1ccc(-c2nc(-c3cccc4c(N5c6ccc7ccccc7c6-c6cccc7cccc5c67)cccc34)nc3c2sc2ccccc23)nc1. The molecule has 50 heavy (non-hydrogen) atoms. The minimum atomic E-state index is 0.696. The highest BCUT2D eigenvalue weighted by Crippen LogP contribution is 2.54. The zero-order valence-electron chi connectivity index (χ0n) is 26.7. The van der Waals surface area contributed by atoms with Crippen LogP contribution in [-0.2, 0) is 0 Å². The van der Waals surface area contributed by atoms with E-state index in [1.54, 1.807) is 11.3 Å². The third-order valence-corrected chi connectivity index (χ3v) is 11.2. The van der Waals surface area contributed by atoms with Gasteiger partial charge >= 0.3 is 0 Å². The number of hydrogen-bond donors (Lipinski definition) is 0. The van der Waals surface area contributed by atoms with Crippen molar-refractivity contribution < 1.29 is 0 Å². The Bertz CT molecular complexity index is 3000. The normalized spacial score (nSPS) is 12.4. The lowest BCUT2D eigenvalue weighted by molar-refractivity contribution is 1.21. The molecule has 232 valence electrons. The summed E-state index contributed by atoms with van der Waals surface area (Å²) in [4.78, 5) is 17.8. The van der Waals surface area contributed by atoms with Gasteiger partial charge in [0, 0.05) is 38.2 Å². The quantitative estimate of drug-likeness (QED) is 0.190. The van der Waals surface area contributed by atoms with E-state index in [2.05, 4.69) is 138 Å². The molecule has 0 radical (unpaired) electrons. The topological polar surface area (TPSA) is 41.9 Å². The Hall–Kier alpha value is -6.43. The maximum atomic E-state index is 5.30. The highest BCUT2D eigenvalue weighted by molar-refractivity contribution is 7.26. The van der Waals surface area contributed by atoms with Crippen LogP contribution >= 0.6 is 11.3 Å². The van der Waals surface area contributed by atoms with Crippen molar-refractivity contribution >= 4 is 81.0 Å². The average Bonchev–Trinajstić information content (AvgIpc) is 3.56. The summed E-state index contributed by atoms with van der Waals surface area (Å²) in [5.74, 6) is 0.696. The molecule has 0 saturated heterocycles. The van der Waals surface area contributed by atoms with E-state index in [4.69, 9.17) is 15.0 Å². The number of thiophene rings is 1. The molecule has 0 spiro atoms. The minimum Gasteiger partial charge on any atom is -0.309 e. The van der Waals surface area contributed by atoms with Crippen molar-refractivity contribution in [1.29, 1.82) is 0 Å². The molecule has 0 N–H and O–H groups in total. The van der Waals surface area contributed by atoms with Crippen molar-refractivity contribution in [3.63, 3.8) is 0 Å². The molecule has 11 rings (SSSR count). The molecule has 7 aromatic carbocycles. The summed E-state index contributed by atoms with van der Waals surface area (Å²) in [7, 11) is 0. The molecule has 0 saturated carbocycles. The zero-order chi connectivity index (χ0) is 32.8. The van der Waals surface area contributed by atoms with Crippen LogP contribution in [0, 0.1) is 0 Å². The fraction of sp³-hybridized carbons (Fsp3) is 0. The van der Waals surface area contributed by atoms with E-state index in [-0.39, 0.29) is 0 Å². The number of hydrogen-bond acceptors (Lipinski definition) is 5. The smallest absolute Gasteiger partial charge is 0.161 e. The van der Waals surface area contributed by atoms with E-state index in [1.807, 2.05) is 24.4 Å². The fourth-order valence-corrected chi connectivity index (χ4v) is 9.05. The fourth-order valence-electron chi connectivity index (χ4n) is 7.91. The summed E-state index contributed by atoms with van der Waals surface area (Å²) < 4.78 is 2.25. The highest BCUT2D eigenvalue weighted by atomic mass is 32.1. The van der Waals surface area contributed by atoms with E-state index in [1.165, 1.54) is 48.7 Å². The molecule has 4 heterocycles. The summed E-state index contributed by atoms with van der Waals surface area (Å²) in [5, 5.41) is 8.37. The van der Waals surface area contributed by atoms with Crippen LogP contribution in [-0.4, -0.2) is 15.0 Å². The lowest BCUT2D eigenvalue weighted by Gasteiger charge is -2.35. The molecule has 3 aromatic heterocycles. The van der Waals surface area contributed by atoms with Crippen molar-refractivity contribution in [2.75, 3.05) is 4.90 Å². The van der Waals surface area contributed by atoms with E-state index in [0.29, 0.717) is 5.82 Å². The monoisotopic (exact) mass is 654 g/mol. The number of aromatic nitrogens is 3. The summed E-state index contributed by atoms with van der Waals surface area (Å²) in [5.41, 5.74) is 9.67. The zero-order valence-corrected chi connectivity index (χ0v) is 27.5. The van der Waals surface area contributed by atoms with Crippen molar-refractivity contribution in [3.8, 4) is 33.9 Å². The van der Waals surface area contributed by atoms with Gasteiger partial charge in [0.05, 0.1) is 33.0 Å². The molecule has 0 amide bonds. The number of anilines is 3. The Balaban J connectivity index is 1.20. The first kappa shape index (κ1) is 27.5. The van der Waals surface area contributed by atoms with Crippen LogP contribution in [0.25, 0.3) is 86.5 Å². The van der Waals surface area contributed by atoms with Crippen LogP contribution in [0.3, 0.4) is 0 Å². The maximum absolute atomic E-state index is 5.30. The number of benzene rings is 7. The van der Waals surface area contributed by atoms with E-state index in [9.17, 15) is 0 Å². The van der Waals surface area contributed by atoms with Crippen molar-refractivity contribution in [2.45, 2.75) is 0 Å². The van der Waals surface area contributed by atoms with Gasteiger partial charge in [0.1, 0.15) is 5.69 Å². The van der Waals surface area contributed by atoms with Crippen LogP contribution in [0.1, 0.15) is 0 Å². The van der Waals surface area contributed by atoms with Gasteiger partial charge < -0.3 is 4.90 Å². The summed E-state index contributed by atoms with van der Waals surface area (Å²) in [6, 6.07) is 54.2. The third-order valence-electron chi connectivity index (χ3n) is 10.0. The summed E-state index contributed by atoms with van der Waals surface area (Å²) in [6.45, 7) is 0. The predicted octanol–water partition coefficient (Wildman–Crippen LogP) is 12.5. The van der Waals surface area contributed by atoms with Crippen LogP contribution < -0.4 is 4.90 Å². The van der Waals surface area contributed by atoms with Crippen molar-refractivity contribution in [3.05, 3.63) is 158 Å². The van der Waals surface area contributed by atoms with Crippen molar-refractivity contribution in [1.82, 2.24) is 15.0 Å². The van der Waals surface area contributed by atoms with Crippen molar-refractivity contribution in [2.24, 2.45) is 0 Å². The molecule has 10 aromatic rings. The van der Waals surface area contributed by atoms with E-state index < -0.39 is 0 Å². The standard InChI is InChI=1S/C45H26N4S/c1-2-14-29-27(11-1)24-25-38-41(29)34-19-7-12-28-13-8-22-37(40(28)34)49(38)36-21-10-16-30-31(36)17-9-18-32(30)45-47-42-33-15-3-4-23-39(33)50-44(42)43(48-45)35-20-5-6-26-46-35/h1-26H. The maximum Gasteiger partial charge on any atom is 0.161 e. The molecule has 1 aliphatic rings. The molecule has 0 bridgehead atoms. The molecular weight excluding hydrogens is 629 g/mol. The van der Waals surface area contributed by atoms with Crippen LogP contribution in [0.5, 0.6) is 0 Å². The Morgan fingerprint density at radius 1 is 0.480 bits per heavy atom. The second-order valence-electron chi connectivity index (χ2n) is 12.8. The van der Waals surface area contributed by atoms with Gasteiger partial charge in [-0.3, -0.25) is 4.98 Å². The summed E-state index contributed by atoms with van der Waals surface area (Å²) >= 11 is 1.73. The number of rotatable bonds is 3. The third kappa shape index (κ3) is 3.89. The highest BCUT2D eigenvalue weighted by Gasteiger charge is 2.28. The largest absolute Gasteiger partial charge is 0.309 e. The predicted molar refractivity (Wildman–Crippen MR) is 210 cm³/mol. The first-order valence-corrected chi connectivity index (χ1v) is 17.6. The van der Waals surface area contributed by atoms with Gasteiger partial charge in [-0.05, 0) is 63.5 Å². The lowest BCUT2D eigenvalue weighted by Crippen LogP contribution is -2.15. The molecule has 1 aliphatic heterocycles.